The van der Waals surface area contributed by atoms with Gasteiger partial charge in [-0.25, -0.2) is 0 Å². The number of aryl methyl sites for hydroxylation is 2. The molecule has 0 amide bonds. The van der Waals surface area contributed by atoms with Gasteiger partial charge in [-0.3, -0.25) is 4.98 Å². The van der Waals surface area contributed by atoms with E-state index in [1.807, 2.05) is 0 Å². The molecule has 0 saturated carbocycles. The molecule has 1 aliphatic heterocycles. The minimum atomic E-state index is 0.646. The smallest absolute Gasteiger partial charge is 0.0424 e. The lowest BCUT2D eigenvalue weighted by atomic mass is 9.99. The highest BCUT2D eigenvalue weighted by molar-refractivity contribution is 5.20. The fourth-order valence-electron chi connectivity index (χ4n) is 2.38. The van der Waals surface area contributed by atoms with Crippen molar-refractivity contribution < 1.29 is 0 Å². The number of hydrogen-bond donors (Lipinski definition) is 1. The zero-order valence-corrected chi connectivity index (χ0v) is 9.71. The molecule has 1 aromatic rings. The van der Waals surface area contributed by atoms with E-state index in [1.54, 1.807) is 0 Å². The summed E-state index contributed by atoms with van der Waals surface area (Å²) in [4.78, 5) is 4.59. The molecule has 1 fully saturated rings. The molecule has 15 heavy (non-hydrogen) atoms. The van der Waals surface area contributed by atoms with Gasteiger partial charge in [-0.05, 0) is 50.9 Å². The number of aromatic nitrogens is 1. The van der Waals surface area contributed by atoms with Crippen molar-refractivity contribution in [2.45, 2.75) is 45.6 Å². The van der Waals surface area contributed by atoms with E-state index >= 15 is 0 Å². The Labute approximate surface area is 92.1 Å². The average molecular weight is 204 g/mol. The van der Waals surface area contributed by atoms with E-state index in [0.717, 1.165) is 12.1 Å². The van der Waals surface area contributed by atoms with E-state index < -0.39 is 0 Å². The van der Waals surface area contributed by atoms with Crippen LogP contribution in [0.1, 0.15) is 36.2 Å². The second-order valence-corrected chi connectivity index (χ2v) is 4.63. The number of hydrogen-bond acceptors (Lipinski definition) is 2. The Balaban J connectivity index is 2.02. The molecule has 0 spiro atoms. The fraction of sp³-hybridized carbons (Fsp3) is 0.615. The Morgan fingerprint density at radius 2 is 2.20 bits per heavy atom. The van der Waals surface area contributed by atoms with Crippen LogP contribution < -0.4 is 5.32 Å². The number of rotatable bonds is 2. The summed E-state index contributed by atoms with van der Waals surface area (Å²) in [6.45, 7) is 5.40. The maximum Gasteiger partial charge on any atom is 0.0424 e. The molecule has 1 aromatic heterocycles. The molecule has 1 unspecified atom stereocenters. The van der Waals surface area contributed by atoms with Crippen molar-refractivity contribution in [3.63, 3.8) is 0 Å². The number of nitrogens with one attached hydrogen (secondary N) is 1. The maximum atomic E-state index is 4.59. The van der Waals surface area contributed by atoms with Gasteiger partial charge in [0.25, 0.3) is 0 Å². The van der Waals surface area contributed by atoms with Gasteiger partial charge < -0.3 is 5.32 Å². The fourth-order valence-corrected chi connectivity index (χ4v) is 2.38. The van der Waals surface area contributed by atoms with Crippen LogP contribution in [-0.4, -0.2) is 17.6 Å². The van der Waals surface area contributed by atoms with Gasteiger partial charge in [0.1, 0.15) is 0 Å². The maximum absolute atomic E-state index is 4.59. The first-order chi connectivity index (χ1) is 7.24. The van der Waals surface area contributed by atoms with Crippen LogP contribution in [0.4, 0.5) is 0 Å². The zero-order valence-electron chi connectivity index (χ0n) is 9.71. The van der Waals surface area contributed by atoms with Crippen LogP contribution in [0.3, 0.4) is 0 Å². The lowest BCUT2D eigenvalue weighted by molar-refractivity contribution is 0.397. The SMILES string of the molecule is Cc1cc(C)nc(CC2CCCCN2)c1. The van der Waals surface area contributed by atoms with Gasteiger partial charge in [-0.1, -0.05) is 6.42 Å². The second kappa shape index (κ2) is 4.75. The Hall–Kier alpha value is -0.890. The van der Waals surface area contributed by atoms with Gasteiger partial charge in [0.2, 0.25) is 0 Å². The van der Waals surface area contributed by atoms with Crippen molar-refractivity contribution in [2.24, 2.45) is 0 Å². The minimum Gasteiger partial charge on any atom is -0.314 e. The highest BCUT2D eigenvalue weighted by Crippen LogP contribution is 2.13. The molecule has 0 aromatic carbocycles. The Morgan fingerprint density at radius 1 is 1.33 bits per heavy atom. The summed E-state index contributed by atoms with van der Waals surface area (Å²) in [5.41, 5.74) is 3.71. The summed E-state index contributed by atoms with van der Waals surface area (Å²) >= 11 is 0. The molecule has 1 saturated heterocycles. The molecule has 0 bridgehead atoms. The predicted molar refractivity (Wildman–Crippen MR) is 63.1 cm³/mol. The highest BCUT2D eigenvalue weighted by Gasteiger charge is 2.13. The van der Waals surface area contributed by atoms with Crippen LogP contribution in [-0.2, 0) is 6.42 Å². The zero-order chi connectivity index (χ0) is 10.7. The van der Waals surface area contributed by atoms with Crippen molar-refractivity contribution >= 4 is 0 Å². The van der Waals surface area contributed by atoms with Crippen LogP contribution in [0.25, 0.3) is 0 Å². The molecule has 2 nitrogen and oxygen atoms in total. The van der Waals surface area contributed by atoms with E-state index in [9.17, 15) is 0 Å². The third-order valence-electron chi connectivity index (χ3n) is 3.02. The largest absolute Gasteiger partial charge is 0.314 e. The topological polar surface area (TPSA) is 24.9 Å². The molecule has 1 atom stereocenters. The third kappa shape index (κ3) is 3.03. The van der Waals surface area contributed by atoms with Gasteiger partial charge in [-0.2, -0.15) is 0 Å². The molecular formula is C13H20N2. The van der Waals surface area contributed by atoms with E-state index in [-0.39, 0.29) is 0 Å². The minimum absolute atomic E-state index is 0.646. The summed E-state index contributed by atoms with van der Waals surface area (Å²) in [7, 11) is 0. The van der Waals surface area contributed by atoms with E-state index in [0.29, 0.717) is 6.04 Å². The van der Waals surface area contributed by atoms with Gasteiger partial charge >= 0.3 is 0 Å². The lowest BCUT2D eigenvalue weighted by Crippen LogP contribution is -2.35. The summed E-state index contributed by atoms with van der Waals surface area (Å²) < 4.78 is 0. The van der Waals surface area contributed by atoms with Crippen molar-refractivity contribution in [3.8, 4) is 0 Å². The van der Waals surface area contributed by atoms with Crippen LogP contribution in [0.2, 0.25) is 0 Å². The first-order valence-electron chi connectivity index (χ1n) is 5.91. The van der Waals surface area contributed by atoms with Crippen molar-refractivity contribution in [1.29, 1.82) is 0 Å². The van der Waals surface area contributed by atoms with Crippen molar-refractivity contribution in [1.82, 2.24) is 10.3 Å². The molecule has 1 N–H and O–H groups in total. The Kier molecular flexibility index (Phi) is 3.37. The van der Waals surface area contributed by atoms with Crippen LogP contribution in [0.5, 0.6) is 0 Å². The molecule has 2 heterocycles. The Bertz CT molecular complexity index is 307. The van der Waals surface area contributed by atoms with Gasteiger partial charge in [0.15, 0.2) is 0 Å². The first-order valence-corrected chi connectivity index (χ1v) is 5.91. The number of nitrogens with zero attached hydrogens (tertiary/aromatic N) is 1. The van der Waals surface area contributed by atoms with Crippen LogP contribution in [0, 0.1) is 13.8 Å². The predicted octanol–water partition coefficient (Wildman–Crippen LogP) is 2.38. The molecular weight excluding hydrogens is 184 g/mol. The van der Waals surface area contributed by atoms with E-state index in [2.05, 4.69) is 36.3 Å². The monoisotopic (exact) mass is 204 g/mol. The first kappa shape index (κ1) is 10.6. The van der Waals surface area contributed by atoms with Gasteiger partial charge in [0, 0.05) is 23.9 Å². The van der Waals surface area contributed by atoms with Gasteiger partial charge in [-0.15, -0.1) is 0 Å². The summed E-state index contributed by atoms with van der Waals surface area (Å²) in [6, 6.07) is 4.99. The van der Waals surface area contributed by atoms with Gasteiger partial charge in [0.05, 0.1) is 0 Å². The molecule has 2 rings (SSSR count). The third-order valence-corrected chi connectivity index (χ3v) is 3.02. The van der Waals surface area contributed by atoms with E-state index in [4.69, 9.17) is 0 Å². The number of piperidine rings is 1. The lowest BCUT2D eigenvalue weighted by Gasteiger charge is -2.23. The summed E-state index contributed by atoms with van der Waals surface area (Å²) in [6.07, 6.45) is 5.08. The van der Waals surface area contributed by atoms with E-state index in [1.165, 1.54) is 37.1 Å². The number of pyridine rings is 1. The van der Waals surface area contributed by atoms with Crippen molar-refractivity contribution in [3.05, 3.63) is 29.1 Å². The van der Waals surface area contributed by atoms with Crippen LogP contribution >= 0.6 is 0 Å². The van der Waals surface area contributed by atoms with Crippen LogP contribution in [0.15, 0.2) is 12.1 Å². The second-order valence-electron chi connectivity index (χ2n) is 4.63. The molecule has 82 valence electrons. The molecule has 0 radical (unpaired) electrons. The standard InChI is InChI=1S/C13H20N2/c1-10-7-11(2)15-13(8-10)9-12-5-3-4-6-14-12/h7-8,12,14H,3-6,9H2,1-2H3. The summed E-state index contributed by atoms with van der Waals surface area (Å²) in [5.74, 6) is 0. The quantitative estimate of drug-likeness (QED) is 0.800. The highest BCUT2D eigenvalue weighted by atomic mass is 14.9. The molecule has 2 heteroatoms. The molecule has 0 aliphatic carbocycles. The average Bonchev–Trinajstić information content (AvgIpc) is 2.17. The summed E-state index contributed by atoms with van der Waals surface area (Å²) in [5, 5.41) is 3.57. The Morgan fingerprint density at radius 3 is 2.87 bits per heavy atom. The van der Waals surface area contributed by atoms with Crippen molar-refractivity contribution in [2.75, 3.05) is 6.54 Å². The normalized spacial score (nSPS) is 21.6. The molecule has 1 aliphatic rings.